The van der Waals surface area contributed by atoms with Gasteiger partial charge in [0.15, 0.2) is 0 Å². The van der Waals surface area contributed by atoms with E-state index in [4.69, 9.17) is 0 Å². The number of hydrogen-bond acceptors (Lipinski definition) is 4. The molecule has 2 unspecified atom stereocenters. The zero-order chi connectivity index (χ0) is 24.8. The first-order chi connectivity index (χ1) is 16.9. The summed E-state index contributed by atoms with van der Waals surface area (Å²) in [5.41, 5.74) is 4.49. The number of carbonyl (C=O) groups is 1. The third-order valence-electron chi connectivity index (χ3n) is 7.36. The molecule has 1 amide bonds. The summed E-state index contributed by atoms with van der Waals surface area (Å²) >= 11 is 0. The average molecular weight is 478 g/mol. The van der Waals surface area contributed by atoms with Crippen LogP contribution in [0.25, 0.3) is 10.9 Å². The van der Waals surface area contributed by atoms with Crippen LogP contribution in [-0.2, 0) is 13.0 Å². The van der Waals surface area contributed by atoms with Gasteiger partial charge in [0.25, 0.3) is 5.91 Å². The Morgan fingerprint density at radius 2 is 1.89 bits per heavy atom. The number of aromatic amines is 1. The molecule has 1 aromatic heterocycles. The van der Waals surface area contributed by atoms with E-state index >= 15 is 0 Å². The van der Waals surface area contributed by atoms with Crippen LogP contribution in [0.1, 0.15) is 79.0 Å². The lowest BCUT2D eigenvalue weighted by molar-refractivity contribution is 0.0939. The van der Waals surface area contributed by atoms with Gasteiger partial charge in [-0.1, -0.05) is 38.3 Å². The Morgan fingerprint density at radius 1 is 1.09 bits per heavy atom. The topological polar surface area (TPSA) is 97.4 Å². The predicted octanol–water partition coefficient (Wildman–Crippen LogP) is 5.00. The molecule has 6 nitrogen and oxygen atoms in total. The number of fused-ring (bicyclic) bond motifs is 1. The van der Waals surface area contributed by atoms with E-state index in [9.17, 15) is 15.0 Å². The molecule has 5 N–H and O–H groups in total. The number of rotatable bonds is 10. The van der Waals surface area contributed by atoms with Gasteiger partial charge in [-0.15, -0.1) is 0 Å². The fourth-order valence-electron chi connectivity index (χ4n) is 5.12. The van der Waals surface area contributed by atoms with Crippen LogP contribution in [0.2, 0.25) is 0 Å². The number of nitrogens with one attached hydrogen (secondary N) is 3. The summed E-state index contributed by atoms with van der Waals surface area (Å²) < 4.78 is 0. The van der Waals surface area contributed by atoms with Crippen molar-refractivity contribution >= 4 is 16.8 Å². The molecule has 2 atom stereocenters. The highest BCUT2D eigenvalue weighted by molar-refractivity contribution is 5.98. The Balaban J connectivity index is 1.30. The first-order valence-corrected chi connectivity index (χ1v) is 13.0. The number of phenols is 1. The predicted molar refractivity (Wildman–Crippen MR) is 141 cm³/mol. The third-order valence-corrected chi connectivity index (χ3v) is 7.36. The monoisotopic (exact) mass is 477 g/mol. The van der Waals surface area contributed by atoms with Gasteiger partial charge < -0.3 is 25.8 Å². The van der Waals surface area contributed by atoms with Crippen molar-refractivity contribution in [2.24, 2.45) is 5.92 Å². The summed E-state index contributed by atoms with van der Waals surface area (Å²) in [6, 6.07) is 14.0. The van der Waals surface area contributed by atoms with E-state index < -0.39 is 0 Å². The Kier molecular flexibility index (Phi) is 8.47. The Morgan fingerprint density at radius 3 is 2.66 bits per heavy atom. The normalized spacial score (nSPS) is 16.3. The van der Waals surface area contributed by atoms with Gasteiger partial charge in [0.05, 0.1) is 6.61 Å². The lowest BCUT2D eigenvalue weighted by Gasteiger charge is -2.21. The molecule has 2 aromatic carbocycles. The largest absolute Gasteiger partial charge is 0.508 e. The van der Waals surface area contributed by atoms with Crippen molar-refractivity contribution < 1.29 is 15.0 Å². The van der Waals surface area contributed by atoms with E-state index in [2.05, 4.69) is 47.7 Å². The molecule has 6 heteroatoms. The third kappa shape index (κ3) is 6.65. The molecule has 1 saturated carbocycles. The van der Waals surface area contributed by atoms with Crippen molar-refractivity contribution in [2.45, 2.75) is 70.9 Å². The van der Waals surface area contributed by atoms with Crippen LogP contribution in [0.3, 0.4) is 0 Å². The summed E-state index contributed by atoms with van der Waals surface area (Å²) in [7, 11) is 0. The minimum Gasteiger partial charge on any atom is -0.508 e. The highest BCUT2D eigenvalue weighted by Crippen LogP contribution is 2.25. The van der Waals surface area contributed by atoms with E-state index in [0.29, 0.717) is 17.2 Å². The van der Waals surface area contributed by atoms with E-state index in [1.165, 1.54) is 37.7 Å². The molecular weight excluding hydrogens is 438 g/mol. The number of amides is 1. The van der Waals surface area contributed by atoms with Gasteiger partial charge in [-0.3, -0.25) is 4.79 Å². The minimum atomic E-state index is -0.165. The molecule has 3 aromatic rings. The number of aliphatic hydroxyl groups excluding tert-OH is 1. The fraction of sp³-hybridized carbons (Fsp3) is 0.483. The van der Waals surface area contributed by atoms with Crippen molar-refractivity contribution in [3.05, 3.63) is 64.8 Å². The highest BCUT2D eigenvalue weighted by Gasteiger charge is 2.16. The lowest BCUT2D eigenvalue weighted by atomic mass is 9.89. The number of carbonyl (C=O) groups excluding carboxylic acids is 1. The summed E-state index contributed by atoms with van der Waals surface area (Å²) in [5, 5.41) is 27.0. The van der Waals surface area contributed by atoms with Gasteiger partial charge in [-0.05, 0) is 79.5 Å². The second kappa shape index (κ2) is 11.7. The first-order valence-electron chi connectivity index (χ1n) is 13.0. The Hall–Kier alpha value is -2.83. The Labute approximate surface area is 208 Å². The van der Waals surface area contributed by atoms with Gasteiger partial charge in [0.1, 0.15) is 11.4 Å². The zero-order valence-electron chi connectivity index (χ0n) is 20.9. The SMILES string of the molecule is CC(Cc1ccc2[nH]c(C(=O)NCC3CCCCC3)cc2c1)NCC(C)c1ccc(O)c(CO)c1. The average Bonchev–Trinajstić information content (AvgIpc) is 3.30. The van der Waals surface area contributed by atoms with Crippen molar-refractivity contribution in [2.75, 3.05) is 13.1 Å². The number of aromatic nitrogens is 1. The molecule has 0 spiro atoms. The van der Waals surface area contributed by atoms with Crippen LogP contribution in [0.15, 0.2) is 42.5 Å². The summed E-state index contributed by atoms with van der Waals surface area (Å²) in [5.74, 6) is 0.988. The van der Waals surface area contributed by atoms with Crippen LogP contribution in [0, 0.1) is 5.92 Å². The fourth-order valence-corrected chi connectivity index (χ4v) is 5.12. The molecule has 35 heavy (non-hydrogen) atoms. The molecule has 1 aliphatic rings. The van der Waals surface area contributed by atoms with Gasteiger partial charge in [0, 0.05) is 35.6 Å². The molecule has 0 bridgehead atoms. The van der Waals surface area contributed by atoms with Gasteiger partial charge in [-0.25, -0.2) is 0 Å². The van der Waals surface area contributed by atoms with Crippen LogP contribution >= 0.6 is 0 Å². The number of aliphatic hydroxyl groups is 1. The number of benzene rings is 2. The van der Waals surface area contributed by atoms with Crippen LogP contribution < -0.4 is 10.6 Å². The summed E-state index contributed by atoms with van der Waals surface area (Å²) in [6.07, 6.45) is 7.22. The number of hydrogen-bond donors (Lipinski definition) is 5. The standard InChI is InChI=1S/C29H39N3O3/c1-19(23-9-11-28(34)25(14-23)18-33)16-30-20(2)12-22-8-10-26-24(13-22)15-27(32-26)29(35)31-17-21-6-4-3-5-7-21/h8-11,13-15,19-21,30,32-34H,3-7,12,16-18H2,1-2H3,(H,31,35). The van der Waals surface area contributed by atoms with Gasteiger partial charge in [-0.2, -0.15) is 0 Å². The van der Waals surface area contributed by atoms with E-state index in [1.807, 2.05) is 18.2 Å². The minimum absolute atomic E-state index is 0.0177. The Bertz CT molecular complexity index is 1130. The van der Waals surface area contributed by atoms with Gasteiger partial charge in [0.2, 0.25) is 0 Å². The molecule has 0 aliphatic heterocycles. The van der Waals surface area contributed by atoms with E-state index in [0.717, 1.165) is 36.0 Å². The lowest BCUT2D eigenvalue weighted by Crippen LogP contribution is -2.31. The van der Waals surface area contributed by atoms with Crippen LogP contribution in [0.5, 0.6) is 5.75 Å². The quantitative estimate of drug-likeness (QED) is 0.284. The zero-order valence-corrected chi connectivity index (χ0v) is 20.9. The molecule has 0 saturated heterocycles. The van der Waals surface area contributed by atoms with Crippen molar-refractivity contribution in [3.63, 3.8) is 0 Å². The van der Waals surface area contributed by atoms with Crippen molar-refractivity contribution in [1.82, 2.24) is 15.6 Å². The first kappa shape index (κ1) is 25.3. The highest BCUT2D eigenvalue weighted by atomic mass is 16.3. The van der Waals surface area contributed by atoms with Crippen LogP contribution in [0.4, 0.5) is 0 Å². The molecule has 1 heterocycles. The van der Waals surface area contributed by atoms with Crippen LogP contribution in [-0.4, -0.2) is 40.2 Å². The van der Waals surface area contributed by atoms with Crippen molar-refractivity contribution in [3.8, 4) is 5.75 Å². The maximum Gasteiger partial charge on any atom is 0.267 e. The number of aromatic hydroxyl groups is 1. The maximum atomic E-state index is 12.7. The van der Waals surface area contributed by atoms with Crippen molar-refractivity contribution in [1.29, 1.82) is 0 Å². The molecule has 4 rings (SSSR count). The number of H-pyrrole nitrogens is 1. The second-order valence-corrected chi connectivity index (χ2v) is 10.3. The summed E-state index contributed by atoms with van der Waals surface area (Å²) in [4.78, 5) is 15.9. The van der Waals surface area contributed by atoms with E-state index in [-0.39, 0.29) is 30.2 Å². The second-order valence-electron chi connectivity index (χ2n) is 10.3. The summed E-state index contributed by atoms with van der Waals surface area (Å²) in [6.45, 7) is 5.72. The molecule has 1 fully saturated rings. The molecule has 0 radical (unpaired) electrons. The molecule has 188 valence electrons. The van der Waals surface area contributed by atoms with E-state index in [1.54, 1.807) is 6.07 Å². The smallest absolute Gasteiger partial charge is 0.267 e. The maximum absolute atomic E-state index is 12.7. The van der Waals surface area contributed by atoms with Gasteiger partial charge >= 0.3 is 0 Å². The molecule has 1 aliphatic carbocycles. The molecular formula is C29H39N3O3.